The number of unbranched alkanes of at least 4 members (excludes halogenated alkanes) is 1. The second-order valence-corrected chi connectivity index (χ2v) is 4.16. The molecule has 0 amide bonds. The van der Waals surface area contributed by atoms with E-state index in [4.69, 9.17) is 0 Å². The molecule has 1 unspecified atom stereocenters. The van der Waals surface area contributed by atoms with Crippen molar-refractivity contribution in [1.29, 1.82) is 0 Å². The first kappa shape index (κ1) is 14.2. The predicted molar refractivity (Wildman–Crippen MR) is 69.5 cm³/mol. The van der Waals surface area contributed by atoms with Crippen molar-refractivity contribution in [3.8, 4) is 0 Å². The number of hydrogen-bond acceptors (Lipinski definition) is 2. The number of nitrogens with zero attached hydrogens (tertiary/aromatic N) is 1. The quantitative estimate of drug-likeness (QED) is 0.504. The van der Waals surface area contributed by atoms with E-state index < -0.39 is 0 Å². The molecule has 0 saturated heterocycles. The normalized spacial score (nSPS) is 15.3. The highest BCUT2D eigenvalue weighted by Gasteiger charge is 1.97. The standard InChI is InChI=1S/C13H26N2/c1-6-8-9-14-12(4)10-13(5)15-11(3)7-2/h10-11,15H,6-9H2,1-5H3. The largest absolute Gasteiger partial charge is 0.386 e. The molecule has 2 nitrogen and oxygen atoms in total. The number of allylic oxidation sites excluding steroid dienone is 2. The summed E-state index contributed by atoms with van der Waals surface area (Å²) in [4.78, 5) is 4.49. The van der Waals surface area contributed by atoms with E-state index in [1.54, 1.807) is 0 Å². The van der Waals surface area contributed by atoms with Crippen LogP contribution in [0.1, 0.15) is 53.9 Å². The second kappa shape index (κ2) is 8.51. The van der Waals surface area contributed by atoms with Crippen LogP contribution < -0.4 is 5.32 Å². The van der Waals surface area contributed by atoms with E-state index in [9.17, 15) is 0 Å². The van der Waals surface area contributed by atoms with Crippen molar-refractivity contribution in [2.45, 2.75) is 59.9 Å². The smallest absolute Gasteiger partial charge is 0.0392 e. The van der Waals surface area contributed by atoms with Gasteiger partial charge in [-0.1, -0.05) is 20.3 Å². The van der Waals surface area contributed by atoms with Gasteiger partial charge in [0.05, 0.1) is 0 Å². The molecule has 0 rings (SSSR count). The van der Waals surface area contributed by atoms with E-state index in [1.165, 1.54) is 18.5 Å². The molecule has 0 fully saturated rings. The third-order valence-corrected chi connectivity index (χ3v) is 2.38. The molecule has 15 heavy (non-hydrogen) atoms. The molecule has 0 radical (unpaired) electrons. The van der Waals surface area contributed by atoms with Gasteiger partial charge in [-0.05, 0) is 39.7 Å². The molecule has 0 aliphatic carbocycles. The lowest BCUT2D eigenvalue weighted by atomic mass is 10.2. The highest BCUT2D eigenvalue weighted by molar-refractivity contribution is 5.93. The van der Waals surface area contributed by atoms with Crippen LogP contribution in [0.4, 0.5) is 0 Å². The van der Waals surface area contributed by atoms with Crippen molar-refractivity contribution < 1.29 is 0 Å². The molecule has 0 spiro atoms. The summed E-state index contributed by atoms with van der Waals surface area (Å²) in [7, 11) is 0. The molecule has 0 aromatic carbocycles. The molecule has 1 atom stereocenters. The van der Waals surface area contributed by atoms with Crippen LogP contribution in [-0.4, -0.2) is 18.3 Å². The zero-order valence-electron chi connectivity index (χ0n) is 10.9. The minimum atomic E-state index is 0.546. The SMILES string of the molecule is CCCCN=C(C)C=C(C)NC(C)CC. The van der Waals surface area contributed by atoms with Gasteiger partial charge in [0.15, 0.2) is 0 Å². The van der Waals surface area contributed by atoms with Crippen LogP contribution in [0, 0.1) is 0 Å². The Hall–Kier alpha value is -0.790. The van der Waals surface area contributed by atoms with Gasteiger partial charge >= 0.3 is 0 Å². The first-order valence-corrected chi connectivity index (χ1v) is 6.06. The van der Waals surface area contributed by atoms with Gasteiger partial charge in [-0.25, -0.2) is 0 Å². The molecule has 0 bridgehead atoms. The van der Waals surface area contributed by atoms with Crippen LogP contribution in [0.25, 0.3) is 0 Å². The van der Waals surface area contributed by atoms with Gasteiger partial charge in [-0.3, -0.25) is 4.99 Å². The van der Waals surface area contributed by atoms with Crippen LogP contribution in [0.5, 0.6) is 0 Å². The summed E-state index contributed by atoms with van der Waals surface area (Å²) in [5.74, 6) is 0. The zero-order chi connectivity index (χ0) is 11.7. The zero-order valence-corrected chi connectivity index (χ0v) is 10.9. The topological polar surface area (TPSA) is 24.4 Å². The van der Waals surface area contributed by atoms with Crippen molar-refractivity contribution in [2.75, 3.05) is 6.54 Å². The maximum absolute atomic E-state index is 4.49. The van der Waals surface area contributed by atoms with E-state index in [0.29, 0.717) is 6.04 Å². The van der Waals surface area contributed by atoms with Crippen molar-refractivity contribution in [1.82, 2.24) is 5.32 Å². The van der Waals surface area contributed by atoms with Crippen molar-refractivity contribution >= 4 is 5.71 Å². The number of hydrogen-bond donors (Lipinski definition) is 1. The van der Waals surface area contributed by atoms with Gasteiger partial charge in [-0.15, -0.1) is 0 Å². The molecular weight excluding hydrogens is 184 g/mol. The fourth-order valence-electron chi connectivity index (χ4n) is 1.30. The molecule has 2 heteroatoms. The monoisotopic (exact) mass is 210 g/mol. The molecule has 0 aliphatic rings. The second-order valence-electron chi connectivity index (χ2n) is 4.16. The van der Waals surface area contributed by atoms with Crippen molar-refractivity contribution in [2.24, 2.45) is 4.99 Å². The summed E-state index contributed by atoms with van der Waals surface area (Å²) in [5, 5.41) is 3.43. The Kier molecular flexibility index (Phi) is 8.06. The van der Waals surface area contributed by atoms with Crippen LogP contribution in [0.2, 0.25) is 0 Å². The van der Waals surface area contributed by atoms with Gasteiger partial charge in [-0.2, -0.15) is 0 Å². The molecule has 0 aliphatic heterocycles. The molecule has 1 N–H and O–H groups in total. The first-order valence-electron chi connectivity index (χ1n) is 6.06. The summed E-state index contributed by atoms with van der Waals surface area (Å²) < 4.78 is 0. The van der Waals surface area contributed by atoms with E-state index in [1.807, 2.05) is 0 Å². The lowest BCUT2D eigenvalue weighted by molar-refractivity contribution is 0.596. The number of nitrogens with one attached hydrogen (secondary N) is 1. The Morgan fingerprint density at radius 3 is 2.53 bits per heavy atom. The lowest BCUT2D eigenvalue weighted by Crippen LogP contribution is -2.23. The molecule has 0 aromatic heterocycles. The fourth-order valence-corrected chi connectivity index (χ4v) is 1.30. The highest BCUT2D eigenvalue weighted by Crippen LogP contribution is 1.96. The first-order chi connectivity index (χ1) is 7.10. The summed E-state index contributed by atoms with van der Waals surface area (Å²) >= 11 is 0. The molecule has 0 saturated carbocycles. The van der Waals surface area contributed by atoms with Gasteiger partial charge in [0.2, 0.25) is 0 Å². The Balaban J connectivity index is 4.04. The minimum absolute atomic E-state index is 0.546. The molecule has 88 valence electrons. The van der Waals surface area contributed by atoms with Crippen molar-refractivity contribution in [3.63, 3.8) is 0 Å². The molecule has 0 aromatic rings. The van der Waals surface area contributed by atoms with E-state index in [2.05, 4.69) is 51.0 Å². The average Bonchev–Trinajstić information content (AvgIpc) is 2.17. The van der Waals surface area contributed by atoms with Crippen molar-refractivity contribution in [3.05, 3.63) is 11.8 Å². The fraction of sp³-hybridized carbons (Fsp3) is 0.769. The molecular formula is C13H26N2. The van der Waals surface area contributed by atoms with Gasteiger partial charge in [0, 0.05) is 24.0 Å². The summed E-state index contributed by atoms with van der Waals surface area (Å²) in [6.45, 7) is 11.7. The van der Waals surface area contributed by atoms with Gasteiger partial charge < -0.3 is 5.32 Å². The Labute approximate surface area is 94.9 Å². The van der Waals surface area contributed by atoms with E-state index in [0.717, 1.165) is 18.7 Å². The maximum Gasteiger partial charge on any atom is 0.0392 e. The van der Waals surface area contributed by atoms with E-state index >= 15 is 0 Å². The Morgan fingerprint density at radius 1 is 1.33 bits per heavy atom. The number of rotatable bonds is 7. The number of aliphatic imine (C=N–C) groups is 1. The third kappa shape index (κ3) is 8.22. The molecule has 0 heterocycles. The Bertz CT molecular complexity index is 217. The average molecular weight is 210 g/mol. The predicted octanol–water partition coefficient (Wildman–Crippen LogP) is 3.54. The van der Waals surface area contributed by atoms with Crippen LogP contribution >= 0.6 is 0 Å². The summed E-state index contributed by atoms with van der Waals surface area (Å²) in [6, 6.07) is 0.546. The highest BCUT2D eigenvalue weighted by atomic mass is 14.9. The summed E-state index contributed by atoms with van der Waals surface area (Å²) in [6.07, 6.45) is 5.67. The Morgan fingerprint density at radius 2 is 2.00 bits per heavy atom. The lowest BCUT2D eigenvalue weighted by Gasteiger charge is -2.12. The summed E-state index contributed by atoms with van der Waals surface area (Å²) in [5.41, 5.74) is 2.33. The van der Waals surface area contributed by atoms with Gasteiger partial charge in [0.1, 0.15) is 0 Å². The minimum Gasteiger partial charge on any atom is -0.386 e. The van der Waals surface area contributed by atoms with Gasteiger partial charge in [0.25, 0.3) is 0 Å². The van der Waals surface area contributed by atoms with Crippen LogP contribution in [-0.2, 0) is 0 Å². The third-order valence-electron chi connectivity index (χ3n) is 2.38. The van der Waals surface area contributed by atoms with Crippen LogP contribution in [0.3, 0.4) is 0 Å². The van der Waals surface area contributed by atoms with E-state index in [-0.39, 0.29) is 0 Å². The van der Waals surface area contributed by atoms with Crippen LogP contribution in [0.15, 0.2) is 16.8 Å². The maximum atomic E-state index is 4.49.